The monoisotopic (exact) mass is 498 g/mol. The molecule has 0 radical (unpaired) electrons. The molecule has 0 saturated carbocycles. The van der Waals surface area contributed by atoms with Crippen LogP contribution in [0.2, 0.25) is 0 Å². The molecule has 0 atom stereocenters. The molecule has 1 aliphatic rings. The lowest BCUT2D eigenvalue weighted by Crippen LogP contribution is -2.29. The van der Waals surface area contributed by atoms with Gasteiger partial charge in [0.1, 0.15) is 16.9 Å². The first-order valence-corrected chi connectivity index (χ1v) is 14.0. The molecule has 0 unspecified atom stereocenters. The van der Waals surface area contributed by atoms with Gasteiger partial charge in [-0.15, -0.1) is 11.8 Å². The summed E-state index contributed by atoms with van der Waals surface area (Å²) in [6, 6.07) is 9.60. The highest BCUT2D eigenvalue weighted by Gasteiger charge is 2.24. The van der Waals surface area contributed by atoms with Crippen molar-refractivity contribution < 1.29 is 8.42 Å². The minimum atomic E-state index is -3.32. The number of hydrogen-bond acceptors (Lipinski definition) is 7. The Labute approximate surface area is 207 Å². The van der Waals surface area contributed by atoms with Crippen molar-refractivity contribution in [1.29, 1.82) is 5.26 Å². The second-order valence-corrected chi connectivity index (χ2v) is 11.3. The Kier molecular flexibility index (Phi) is 8.42. The molecular formula is C24H30N6O2S2. The lowest BCUT2D eigenvalue weighted by molar-refractivity contribution is 0.360. The van der Waals surface area contributed by atoms with Crippen LogP contribution in [0.1, 0.15) is 30.0 Å². The van der Waals surface area contributed by atoms with Crippen molar-refractivity contribution in [3.63, 3.8) is 0 Å². The number of aromatic nitrogens is 1. The van der Waals surface area contributed by atoms with Crippen molar-refractivity contribution in [1.82, 2.24) is 9.88 Å². The van der Waals surface area contributed by atoms with E-state index < -0.39 is 10.0 Å². The molecule has 0 spiro atoms. The fourth-order valence-corrected chi connectivity index (χ4v) is 5.36. The Balaban J connectivity index is 1.92. The third kappa shape index (κ3) is 5.82. The highest BCUT2D eigenvalue weighted by Crippen LogP contribution is 2.39. The number of nitriles is 1. The molecule has 0 bridgehead atoms. The third-order valence-electron chi connectivity index (χ3n) is 5.99. The summed E-state index contributed by atoms with van der Waals surface area (Å²) in [6.45, 7) is 13.3. The second kappa shape index (κ2) is 11.1. The molecule has 3 rings (SSSR count). The highest BCUT2D eigenvalue weighted by atomic mass is 32.2. The van der Waals surface area contributed by atoms with Gasteiger partial charge in [-0.1, -0.05) is 19.1 Å². The second-order valence-electron chi connectivity index (χ2n) is 8.35. The predicted molar refractivity (Wildman–Crippen MR) is 138 cm³/mol. The molecule has 1 fully saturated rings. The largest absolute Gasteiger partial charge is 0.364 e. The molecule has 0 amide bonds. The van der Waals surface area contributed by atoms with E-state index in [2.05, 4.69) is 27.8 Å². The number of thioether (sulfide) groups is 1. The molecule has 2 heterocycles. The number of nitrogens with zero attached hydrogens (tertiary/aromatic N) is 6. The summed E-state index contributed by atoms with van der Waals surface area (Å²) in [4.78, 5) is 13.1. The van der Waals surface area contributed by atoms with E-state index in [0.29, 0.717) is 40.0 Å². The minimum Gasteiger partial charge on any atom is -0.364 e. The number of benzene rings is 1. The van der Waals surface area contributed by atoms with Crippen molar-refractivity contribution in [2.75, 3.05) is 55.7 Å². The van der Waals surface area contributed by atoms with Crippen molar-refractivity contribution >= 4 is 39.0 Å². The number of anilines is 2. The van der Waals surface area contributed by atoms with E-state index in [1.165, 1.54) is 29.4 Å². The van der Waals surface area contributed by atoms with Crippen LogP contribution in [0.5, 0.6) is 0 Å². The van der Waals surface area contributed by atoms with E-state index in [4.69, 9.17) is 11.6 Å². The summed E-state index contributed by atoms with van der Waals surface area (Å²) >= 11 is 1.47. The average molecular weight is 499 g/mol. The van der Waals surface area contributed by atoms with Crippen molar-refractivity contribution in [2.24, 2.45) is 0 Å². The predicted octanol–water partition coefficient (Wildman–Crippen LogP) is 3.90. The Morgan fingerprint density at radius 3 is 2.53 bits per heavy atom. The topological polar surface area (TPSA) is 84.9 Å². The molecule has 10 heteroatoms. The van der Waals surface area contributed by atoms with Crippen LogP contribution in [0, 0.1) is 17.9 Å². The van der Waals surface area contributed by atoms with E-state index in [9.17, 15) is 13.7 Å². The number of pyridine rings is 1. The summed E-state index contributed by atoms with van der Waals surface area (Å²) in [5.41, 5.74) is 3.30. The summed E-state index contributed by atoms with van der Waals surface area (Å²) in [7, 11) is 0.305. The molecule has 1 aromatic heterocycles. The first-order chi connectivity index (χ1) is 16.2. The number of likely N-dealkylation sites (N-methyl/N-ethyl adjacent to an activating group) is 1. The lowest BCUT2D eigenvalue weighted by Gasteiger charge is -2.25. The molecular weight excluding hydrogens is 468 g/mol. The van der Waals surface area contributed by atoms with E-state index in [1.54, 1.807) is 12.1 Å². The Morgan fingerprint density at radius 1 is 1.24 bits per heavy atom. The summed E-state index contributed by atoms with van der Waals surface area (Å²) in [5.74, 6) is 1.25. The molecule has 0 aliphatic carbocycles. The Hall–Kier alpha value is -2.79. The van der Waals surface area contributed by atoms with E-state index >= 15 is 0 Å². The Bertz CT molecular complexity index is 1220. The Morgan fingerprint density at radius 2 is 1.94 bits per heavy atom. The van der Waals surface area contributed by atoms with Crippen LogP contribution < -0.4 is 9.21 Å². The maximum atomic E-state index is 11.8. The molecule has 1 aromatic carbocycles. The quantitative estimate of drug-likeness (QED) is 0.423. The van der Waals surface area contributed by atoms with Crippen molar-refractivity contribution in [3.05, 3.63) is 52.4 Å². The maximum Gasteiger partial charge on any atom is 0.232 e. The number of sulfonamides is 1. The standard InChI is InChI=1S/C24H30N6O2S2/c1-6-20-21(16-25)24(27-23(22(20)26-2)30-13-7-12-28(3)14-15-30)33-17-18-8-10-19(11-9-18)29(4)34(5,31)32/h8-11H,6-7,12-15,17H2,1,3-5H3. The fourth-order valence-electron chi connectivity index (χ4n) is 3.89. The third-order valence-corrected chi connectivity index (χ3v) is 8.24. The van der Waals surface area contributed by atoms with Crippen LogP contribution in [0.15, 0.2) is 29.3 Å². The summed E-state index contributed by atoms with van der Waals surface area (Å²) < 4.78 is 24.8. The maximum absolute atomic E-state index is 11.8. The van der Waals surface area contributed by atoms with Gasteiger partial charge in [0.15, 0.2) is 0 Å². The first-order valence-electron chi connectivity index (χ1n) is 11.1. The van der Waals surface area contributed by atoms with Gasteiger partial charge in [0.05, 0.1) is 24.1 Å². The van der Waals surface area contributed by atoms with Gasteiger partial charge in [-0.25, -0.2) is 18.2 Å². The lowest BCUT2D eigenvalue weighted by atomic mass is 10.1. The number of hydrogen-bond donors (Lipinski definition) is 0. The summed E-state index contributed by atoms with van der Waals surface area (Å²) in [6.07, 6.45) is 2.75. The van der Waals surface area contributed by atoms with Gasteiger partial charge >= 0.3 is 0 Å². The average Bonchev–Trinajstić information content (AvgIpc) is 3.05. The molecule has 2 aromatic rings. The van der Waals surface area contributed by atoms with Gasteiger partial charge in [-0.2, -0.15) is 5.26 Å². The van der Waals surface area contributed by atoms with Crippen LogP contribution in [0.4, 0.5) is 17.2 Å². The van der Waals surface area contributed by atoms with Gasteiger partial charge in [0.25, 0.3) is 0 Å². The zero-order valence-corrected chi connectivity index (χ0v) is 21.7. The smallest absolute Gasteiger partial charge is 0.232 e. The zero-order chi connectivity index (χ0) is 24.9. The van der Waals surface area contributed by atoms with Crippen LogP contribution in [0.3, 0.4) is 0 Å². The van der Waals surface area contributed by atoms with E-state index in [0.717, 1.165) is 43.7 Å². The van der Waals surface area contributed by atoms with Crippen LogP contribution in [-0.2, 0) is 22.2 Å². The van der Waals surface area contributed by atoms with Crippen LogP contribution in [-0.4, -0.2) is 64.8 Å². The normalized spacial score (nSPS) is 14.8. The molecule has 0 N–H and O–H groups in total. The minimum absolute atomic E-state index is 0.475. The molecule has 8 nitrogen and oxygen atoms in total. The molecule has 34 heavy (non-hydrogen) atoms. The highest BCUT2D eigenvalue weighted by molar-refractivity contribution is 7.98. The molecule has 180 valence electrons. The fraction of sp³-hybridized carbons (Fsp3) is 0.458. The summed E-state index contributed by atoms with van der Waals surface area (Å²) in [5, 5.41) is 10.5. The van der Waals surface area contributed by atoms with Gasteiger partial charge < -0.3 is 9.80 Å². The van der Waals surface area contributed by atoms with E-state index in [1.807, 2.05) is 19.1 Å². The van der Waals surface area contributed by atoms with Gasteiger partial charge in [-0.05, 0) is 49.7 Å². The SMILES string of the molecule is [C-]#[N+]c1c(N2CCCN(C)CC2)nc(SCc2ccc(N(C)S(C)(=O)=O)cc2)c(C#N)c1CC. The van der Waals surface area contributed by atoms with Gasteiger partial charge in [0.2, 0.25) is 15.7 Å². The molecule has 1 saturated heterocycles. The van der Waals surface area contributed by atoms with Crippen molar-refractivity contribution in [2.45, 2.75) is 30.5 Å². The zero-order valence-electron chi connectivity index (χ0n) is 20.1. The first kappa shape index (κ1) is 25.8. The van der Waals surface area contributed by atoms with Gasteiger partial charge in [-0.3, -0.25) is 4.31 Å². The molecule has 1 aliphatic heterocycles. The number of rotatable bonds is 7. The van der Waals surface area contributed by atoms with Crippen LogP contribution >= 0.6 is 11.8 Å². The van der Waals surface area contributed by atoms with Crippen molar-refractivity contribution in [3.8, 4) is 6.07 Å². The van der Waals surface area contributed by atoms with Gasteiger partial charge in [0, 0.05) is 32.4 Å². The van der Waals surface area contributed by atoms with E-state index in [-0.39, 0.29) is 0 Å². The van der Waals surface area contributed by atoms with Crippen LogP contribution in [0.25, 0.3) is 4.85 Å².